The van der Waals surface area contributed by atoms with E-state index >= 15 is 0 Å². The number of aryl methyl sites for hydroxylation is 1. The van der Waals surface area contributed by atoms with Crippen molar-refractivity contribution in [1.29, 1.82) is 0 Å². The van der Waals surface area contributed by atoms with Gasteiger partial charge in [0, 0.05) is 23.6 Å². The third kappa shape index (κ3) is 2.23. The van der Waals surface area contributed by atoms with E-state index < -0.39 is 0 Å². The summed E-state index contributed by atoms with van der Waals surface area (Å²) in [6.45, 7) is 2.02. The molecule has 0 aliphatic carbocycles. The van der Waals surface area contributed by atoms with E-state index in [1.807, 2.05) is 49.4 Å². The average Bonchev–Trinajstić information content (AvgIpc) is 2.87. The summed E-state index contributed by atoms with van der Waals surface area (Å²) in [6.07, 6.45) is 2.16. The number of nitrogens with one attached hydrogen (secondary N) is 1. The molecule has 0 spiro atoms. The number of halogens is 1. The van der Waals surface area contributed by atoms with E-state index in [-0.39, 0.29) is 5.78 Å². The van der Waals surface area contributed by atoms with E-state index in [0.717, 1.165) is 22.0 Å². The highest BCUT2D eigenvalue weighted by molar-refractivity contribution is 6.35. The second kappa shape index (κ2) is 5.14. The van der Waals surface area contributed by atoms with E-state index in [1.54, 1.807) is 6.20 Å². The summed E-state index contributed by atoms with van der Waals surface area (Å²) >= 11 is 6.12. The van der Waals surface area contributed by atoms with Crippen LogP contribution in [0, 0.1) is 6.92 Å². The minimum absolute atomic E-state index is 0.104. The van der Waals surface area contributed by atoms with Gasteiger partial charge in [-0.05, 0) is 24.1 Å². The lowest BCUT2D eigenvalue weighted by Crippen LogP contribution is -2.04. The zero-order valence-corrected chi connectivity index (χ0v) is 11.9. The maximum Gasteiger partial charge on any atom is 0.169 e. The number of para-hydroxylation sites is 1. The molecular weight excluding hydrogens is 270 g/mol. The van der Waals surface area contributed by atoms with Crippen LogP contribution in [0.15, 0.2) is 48.7 Å². The zero-order chi connectivity index (χ0) is 14.1. The van der Waals surface area contributed by atoms with Crippen LogP contribution in [0.1, 0.15) is 21.5 Å². The van der Waals surface area contributed by atoms with Crippen LogP contribution in [0.25, 0.3) is 10.9 Å². The van der Waals surface area contributed by atoms with Gasteiger partial charge >= 0.3 is 0 Å². The van der Waals surface area contributed by atoms with Gasteiger partial charge in [0.05, 0.1) is 10.5 Å². The van der Waals surface area contributed by atoms with E-state index in [4.69, 9.17) is 11.6 Å². The number of ketones is 1. The Hall–Kier alpha value is -2.06. The Labute approximate surface area is 122 Å². The molecule has 0 aliphatic rings. The van der Waals surface area contributed by atoms with Gasteiger partial charge in [0.15, 0.2) is 5.78 Å². The molecule has 0 radical (unpaired) electrons. The molecule has 0 atom stereocenters. The SMILES string of the molecule is Cc1ccccc1CC(=O)c1c[nH]c2c(Cl)cccc12. The first-order valence-corrected chi connectivity index (χ1v) is 6.88. The number of hydrogen-bond donors (Lipinski definition) is 1. The van der Waals surface area contributed by atoms with Crippen LogP contribution in [0.3, 0.4) is 0 Å². The first kappa shape index (κ1) is 12.9. The van der Waals surface area contributed by atoms with Crippen molar-refractivity contribution < 1.29 is 4.79 Å². The Bertz CT molecular complexity index is 789. The Balaban J connectivity index is 1.98. The molecule has 1 heterocycles. The minimum Gasteiger partial charge on any atom is -0.359 e. The number of fused-ring (bicyclic) bond motifs is 1. The number of rotatable bonds is 3. The average molecular weight is 284 g/mol. The summed E-state index contributed by atoms with van der Waals surface area (Å²) in [5.74, 6) is 0.104. The topological polar surface area (TPSA) is 32.9 Å². The lowest BCUT2D eigenvalue weighted by Gasteiger charge is -2.04. The first-order chi connectivity index (χ1) is 9.66. The Morgan fingerprint density at radius 1 is 1.15 bits per heavy atom. The molecule has 0 saturated carbocycles. The molecule has 1 aromatic heterocycles. The van der Waals surface area contributed by atoms with Gasteiger partial charge in [0.2, 0.25) is 0 Å². The molecule has 2 aromatic carbocycles. The highest BCUT2D eigenvalue weighted by atomic mass is 35.5. The number of Topliss-reactive ketones (excluding diaryl/α,β-unsaturated/α-hetero) is 1. The van der Waals surface area contributed by atoms with Gasteiger partial charge in [-0.3, -0.25) is 4.79 Å². The van der Waals surface area contributed by atoms with Crippen LogP contribution in [0.4, 0.5) is 0 Å². The summed E-state index contributed by atoms with van der Waals surface area (Å²) in [7, 11) is 0. The molecular formula is C17H14ClNO. The molecule has 1 N–H and O–H groups in total. The standard InChI is InChI=1S/C17H14ClNO/c1-11-5-2-3-6-12(11)9-16(20)14-10-19-17-13(14)7-4-8-15(17)18/h2-8,10,19H,9H2,1H3. The third-order valence-electron chi connectivity index (χ3n) is 3.58. The number of H-pyrrole nitrogens is 1. The Morgan fingerprint density at radius 3 is 2.75 bits per heavy atom. The zero-order valence-electron chi connectivity index (χ0n) is 11.1. The van der Waals surface area contributed by atoms with Crippen molar-refractivity contribution in [2.45, 2.75) is 13.3 Å². The lowest BCUT2D eigenvalue weighted by atomic mass is 9.99. The highest BCUT2D eigenvalue weighted by Crippen LogP contribution is 2.26. The Kier molecular flexibility index (Phi) is 3.33. The lowest BCUT2D eigenvalue weighted by molar-refractivity contribution is 0.0994. The molecule has 100 valence electrons. The number of benzene rings is 2. The molecule has 3 heteroatoms. The number of aromatic nitrogens is 1. The number of aromatic amines is 1. The predicted octanol–water partition coefficient (Wildman–Crippen LogP) is 4.56. The fourth-order valence-electron chi connectivity index (χ4n) is 2.42. The monoisotopic (exact) mass is 283 g/mol. The van der Waals surface area contributed by atoms with Crippen molar-refractivity contribution in [3.8, 4) is 0 Å². The molecule has 0 aliphatic heterocycles. The van der Waals surface area contributed by atoms with Crippen LogP contribution in [-0.2, 0) is 6.42 Å². The summed E-state index contributed by atoms with van der Waals surface area (Å²) in [4.78, 5) is 15.6. The largest absolute Gasteiger partial charge is 0.359 e. The van der Waals surface area contributed by atoms with Gasteiger partial charge in [-0.25, -0.2) is 0 Å². The van der Waals surface area contributed by atoms with Crippen LogP contribution in [-0.4, -0.2) is 10.8 Å². The molecule has 0 unspecified atom stereocenters. The molecule has 0 saturated heterocycles. The van der Waals surface area contributed by atoms with Crippen molar-refractivity contribution in [2.24, 2.45) is 0 Å². The fourth-order valence-corrected chi connectivity index (χ4v) is 2.65. The van der Waals surface area contributed by atoms with Gasteiger partial charge < -0.3 is 4.98 Å². The molecule has 0 bridgehead atoms. The maximum atomic E-state index is 12.5. The van der Waals surface area contributed by atoms with Gasteiger partial charge in [0.1, 0.15) is 0 Å². The summed E-state index contributed by atoms with van der Waals surface area (Å²) < 4.78 is 0. The molecule has 0 amide bonds. The number of carbonyl (C=O) groups is 1. The summed E-state index contributed by atoms with van der Waals surface area (Å²) in [5.41, 5.74) is 3.72. The van der Waals surface area contributed by atoms with Crippen LogP contribution in [0.2, 0.25) is 5.02 Å². The van der Waals surface area contributed by atoms with Crippen molar-refractivity contribution in [3.05, 3.63) is 70.4 Å². The van der Waals surface area contributed by atoms with Gasteiger partial charge in [-0.1, -0.05) is 48.0 Å². The second-order valence-corrected chi connectivity index (χ2v) is 5.30. The fraction of sp³-hybridized carbons (Fsp3) is 0.118. The van der Waals surface area contributed by atoms with Gasteiger partial charge in [-0.15, -0.1) is 0 Å². The van der Waals surface area contributed by atoms with Crippen molar-refractivity contribution in [2.75, 3.05) is 0 Å². The smallest absolute Gasteiger partial charge is 0.169 e. The van der Waals surface area contributed by atoms with Crippen LogP contribution >= 0.6 is 11.6 Å². The maximum absolute atomic E-state index is 12.5. The van der Waals surface area contributed by atoms with Crippen LogP contribution in [0.5, 0.6) is 0 Å². The van der Waals surface area contributed by atoms with E-state index in [1.165, 1.54) is 0 Å². The molecule has 3 rings (SSSR count). The van der Waals surface area contributed by atoms with Gasteiger partial charge in [-0.2, -0.15) is 0 Å². The summed E-state index contributed by atoms with van der Waals surface area (Å²) in [5, 5.41) is 1.52. The predicted molar refractivity (Wildman–Crippen MR) is 82.5 cm³/mol. The van der Waals surface area contributed by atoms with Gasteiger partial charge in [0.25, 0.3) is 0 Å². The minimum atomic E-state index is 0.104. The highest BCUT2D eigenvalue weighted by Gasteiger charge is 2.14. The van der Waals surface area contributed by atoms with Crippen molar-refractivity contribution >= 4 is 28.3 Å². The first-order valence-electron chi connectivity index (χ1n) is 6.50. The molecule has 20 heavy (non-hydrogen) atoms. The number of carbonyl (C=O) groups excluding carboxylic acids is 1. The van der Waals surface area contributed by atoms with Crippen LogP contribution < -0.4 is 0 Å². The van der Waals surface area contributed by atoms with E-state index in [9.17, 15) is 4.79 Å². The molecule has 2 nitrogen and oxygen atoms in total. The Morgan fingerprint density at radius 2 is 1.95 bits per heavy atom. The normalized spacial score (nSPS) is 10.9. The molecule has 3 aromatic rings. The second-order valence-electron chi connectivity index (χ2n) is 4.89. The van der Waals surface area contributed by atoms with Crippen molar-refractivity contribution in [1.82, 2.24) is 4.98 Å². The summed E-state index contributed by atoms with van der Waals surface area (Å²) in [6, 6.07) is 13.6. The number of hydrogen-bond acceptors (Lipinski definition) is 1. The molecule has 0 fully saturated rings. The van der Waals surface area contributed by atoms with E-state index in [2.05, 4.69) is 4.98 Å². The van der Waals surface area contributed by atoms with E-state index in [0.29, 0.717) is 17.0 Å². The van der Waals surface area contributed by atoms with Crippen molar-refractivity contribution in [3.63, 3.8) is 0 Å². The third-order valence-corrected chi connectivity index (χ3v) is 3.89. The quantitative estimate of drug-likeness (QED) is 0.703.